The summed E-state index contributed by atoms with van der Waals surface area (Å²) >= 11 is 0. The second-order valence-corrected chi connectivity index (χ2v) is 10.2. The molecule has 8 nitrogen and oxygen atoms in total. The summed E-state index contributed by atoms with van der Waals surface area (Å²) in [6.07, 6.45) is 1.92. The van der Waals surface area contributed by atoms with Crippen LogP contribution in [0.15, 0.2) is 66.9 Å². The molecule has 0 aliphatic carbocycles. The summed E-state index contributed by atoms with van der Waals surface area (Å²) in [5.41, 5.74) is 15.0. The molecule has 39 heavy (non-hydrogen) atoms. The van der Waals surface area contributed by atoms with Crippen LogP contribution in [0.25, 0.3) is 27.9 Å². The molecule has 5 aromatic rings. The molecule has 0 unspecified atom stereocenters. The summed E-state index contributed by atoms with van der Waals surface area (Å²) in [4.78, 5) is 25.1. The molecule has 3 heterocycles. The van der Waals surface area contributed by atoms with Crippen LogP contribution in [-0.2, 0) is 6.54 Å². The van der Waals surface area contributed by atoms with Crippen molar-refractivity contribution in [2.75, 3.05) is 30.9 Å². The van der Waals surface area contributed by atoms with Gasteiger partial charge in [0.15, 0.2) is 5.65 Å². The highest BCUT2D eigenvalue weighted by molar-refractivity contribution is 5.93. The molecule has 198 valence electrons. The molecule has 8 heteroatoms. The van der Waals surface area contributed by atoms with Crippen LogP contribution in [0.1, 0.15) is 32.9 Å². The molecule has 0 atom stereocenters. The van der Waals surface area contributed by atoms with Gasteiger partial charge in [-0.2, -0.15) is 9.61 Å². The van der Waals surface area contributed by atoms with Crippen molar-refractivity contribution in [1.29, 1.82) is 0 Å². The van der Waals surface area contributed by atoms with Crippen LogP contribution in [0.5, 0.6) is 0 Å². The summed E-state index contributed by atoms with van der Waals surface area (Å²) in [6, 6.07) is 19.9. The number of aromatic nitrogens is 4. The van der Waals surface area contributed by atoms with Crippen molar-refractivity contribution >= 4 is 23.2 Å². The van der Waals surface area contributed by atoms with Crippen LogP contribution in [0.2, 0.25) is 0 Å². The number of nitrogens with zero attached hydrogens (tertiary/aromatic N) is 6. The Labute approximate surface area is 228 Å². The van der Waals surface area contributed by atoms with Crippen molar-refractivity contribution in [3.63, 3.8) is 0 Å². The number of carbonyl (C=O) groups is 1. The summed E-state index contributed by atoms with van der Waals surface area (Å²) in [6.45, 7) is 6.84. The van der Waals surface area contributed by atoms with Crippen LogP contribution >= 0.6 is 0 Å². The number of carbonyl (C=O) groups excluding carboxylic acids is 1. The molecule has 0 fully saturated rings. The molecule has 0 aliphatic rings. The first kappa shape index (κ1) is 25.9. The van der Waals surface area contributed by atoms with Crippen molar-refractivity contribution in [2.45, 2.75) is 27.3 Å². The number of pyridine rings is 1. The minimum absolute atomic E-state index is 0.422. The summed E-state index contributed by atoms with van der Waals surface area (Å²) in [7, 11) is 6.05. The van der Waals surface area contributed by atoms with Crippen LogP contribution in [0.3, 0.4) is 0 Å². The van der Waals surface area contributed by atoms with Gasteiger partial charge in [-0.25, -0.2) is 9.97 Å². The van der Waals surface area contributed by atoms with Crippen molar-refractivity contribution in [2.24, 2.45) is 5.73 Å². The van der Waals surface area contributed by atoms with E-state index in [2.05, 4.69) is 60.3 Å². The Bertz CT molecular complexity index is 1670. The van der Waals surface area contributed by atoms with E-state index in [4.69, 9.17) is 15.8 Å². The average molecular weight is 520 g/mol. The molecule has 0 spiro atoms. The van der Waals surface area contributed by atoms with Gasteiger partial charge in [0.1, 0.15) is 11.6 Å². The van der Waals surface area contributed by atoms with Gasteiger partial charge in [-0.1, -0.05) is 36.4 Å². The largest absolute Gasteiger partial charge is 0.366 e. The summed E-state index contributed by atoms with van der Waals surface area (Å²) in [5.74, 6) is 1.46. The topological polar surface area (TPSA) is 92.6 Å². The van der Waals surface area contributed by atoms with Crippen molar-refractivity contribution in [3.05, 3.63) is 94.9 Å². The highest BCUT2D eigenvalue weighted by atomic mass is 16.1. The van der Waals surface area contributed by atoms with Gasteiger partial charge >= 0.3 is 0 Å². The lowest BCUT2D eigenvalue weighted by Gasteiger charge is -2.21. The Morgan fingerprint density at radius 3 is 2.15 bits per heavy atom. The fourth-order valence-corrected chi connectivity index (χ4v) is 4.84. The van der Waals surface area contributed by atoms with Gasteiger partial charge in [0.2, 0.25) is 5.91 Å². The van der Waals surface area contributed by atoms with Gasteiger partial charge in [-0.3, -0.25) is 4.79 Å². The molecule has 5 rings (SSSR count). The van der Waals surface area contributed by atoms with Crippen molar-refractivity contribution in [3.8, 4) is 22.3 Å². The number of benzene rings is 2. The summed E-state index contributed by atoms with van der Waals surface area (Å²) in [5, 5.41) is 4.91. The number of nitrogens with two attached hydrogens (primary N) is 1. The second-order valence-electron chi connectivity index (χ2n) is 10.2. The van der Waals surface area contributed by atoms with Crippen LogP contribution in [-0.4, -0.2) is 46.6 Å². The third-order valence-electron chi connectivity index (χ3n) is 6.96. The molecule has 3 aromatic heterocycles. The van der Waals surface area contributed by atoms with E-state index < -0.39 is 5.91 Å². The zero-order valence-electron chi connectivity index (χ0n) is 23.2. The molecule has 0 saturated carbocycles. The Morgan fingerprint density at radius 2 is 1.56 bits per heavy atom. The van der Waals surface area contributed by atoms with Gasteiger partial charge in [-0.15, -0.1) is 0 Å². The second kappa shape index (κ2) is 10.2. The van der Waals surface area contributed by atoms with E-state index in [1.807, 2.05) is 55.7 Å². The Balaban J connectivity index is 1.45. The van der Waals surface area contributed by atoms with Crippen molar-refractivity contribution in [1.82, 2.24) is 19.6 Å². The molecule has 0 bridgehead atoms. The lowest BCUT2D eigenvalue weighted by Crippen LogP contribution is -2.20. The molecule has 0 radical (unpaired) electrons. The van der Waals surface area contributed by atoms with Gasteiger partial charge in [0.05, 0.1) is 11.3 Å². The average Bonchev–Trinajstić information content (AvgIpc) is 3.23. The van der Waals surface area contributed by atoms with Gasteiger partial charge in [-0.05, 0) is 61.2 Å². The van der Waals surface area contributed by atoms with E-state index >= 15 is 0 Å². The zero-order valence-corrected chi connectivity index (χ0v) is 23.2. The van der Waals surface area contributed by atoms with Gasteiger partial charge in [0.25, 0.3) is 0 Å². The third-order valence-corrected chi connectivity index (χ3v) is 6.96. The van der Waals surface area contributed by atoms with Crippen LogP contribution in [0, 0.1) is 20.8 Å². The Kier molecular flexibility index (Phi) is 6.78. The number of anilines is 2. The van der Waals surface area contributed by atoms with E-state index in [9.17, 15) is 4.79 Å². The maximum Gasteiger partial charge on any atom is 0.248 e. The number of aryl methyl sites for hydroxylation is 3. The first-order valence-electron chi connectivity index (χ1n) is 12.8. The molecule has 1 amide bonds. The van der Waals surface area contributed by atoms with E-state index in [1.54, 1.807) is 12.1 Å². The highest BCUT2D eigenvalue weighted by Gasteiger charge is 2.20. The maximum absolute atomic E-state index is 11.4. The number of fused-ring (bicyclic) bond motifs is 1. The lowest BCUT2D eigenvalue weighted by atomic mass is 10.0. The molecular weight excluding hydrogens is 486 g/mol. The highest BCUT2D eigenvalue weighted by Crippen LogP contribution is 2.33. The first-order chi connectivity index (χ1) is 18.6. The van der Waals surface area contributed by atoms with Crippen LogP contribution in [0.4, 0.5) is 11.6 Å². The Morgan fingerprint density at radius 1 is 0.923 bits per heavy atom. The third kappa shape index (κ3) is 5.05. The Hall–Kier alpha value is -4.72. The van der Waals surface area contributed by atoms with E-state index in [0.717, 1.165) is 56.5 Å². The minimum Gasteiger partial charge on any atom is -0.366 e. The fourth-order valence-electron chi connectivity index (χ4n) is 4.84. The molecular formula is C31H33N7O. The van der Waals surface area contributed by atoms with Gasteiger partial charge < -0.3 is 15.5 Å². The number of amides is 1. The first-order valence-corrected chi connectivity index (χ1v) is 12.8. The lowest BCUT2D eigenvalue weighted by molar-refractivity contribution is 0.100. The van der Waals surface area contributed by atoms with E-state index in [1.165, 1.54) is 5.56 Å². The number of primary amides is 1. The molecule has 0 aliphatic heterocycles. The van der Waals surface area contributed by atoms with Gasteiger partial charge in [0, 0.05) is 56.8 Å². The van der Waals surface area contributed by atoms with Crippen molar-refractivity contribution < 1.29 is 4.79 Å². The number of hydrogen-bond acceptors (Lipinski definition) is 6. The normalized spacial score (nSPS) is 11.1. The molecule has 2 N–H and O–H groups in total. The fraction of sp³-hybridized carbons (Fsp3) is 0.226. The predicted octanol–water partition coefficient (Wildman–Crippen LogP) is 5.18. The molecule has 0 saturated heterocycles. The van der Waals surface area contributed by atoms with E-state index in [-0.39, 0.29) is 0 Å². The number of hydrogen-bond donors (Lipinski definition) is 1. The monoisotopic (exact) mass is 519 g/mol. The minimum atomic E-state index is -0.422. The predicted molar refractivity (Wildman–Crippen MR) is 157 cm³/mol. The van der Waals surface area contributed by atoms with Crippen LogP contribution < -0.4 is 15.5 Å². The van der Waals surface area contributed by atoms with E-state index in [0.29, 0.717) is 12.1 Å². The maximum atomic E-state index is 11.4. The zero-order chi connectivity index (χ0) is 27.8. The molecule has 2 aromatic carbocycles. The number of rotatable bonds is 7. The SMILES string of the molecule is Cc1cc(N(C)Cc2ccc(-c3ccc(C(N)=O)cc3)cc2)n2nc(C)c(-c3cnc(N(C)C)cc3C)c2n1. The standard InChI is InChI=1S/C31H33N7O/c1-19-15-27(36(4)5)33-17-26(19)29-21(3)35-38-28(16-20(2)34-31(29)38)37(6)18-22-7-9-23(10-8-22)24-11-13-25(14-12-24)30(32)39/h7-17H,18H2,1-6H3,(H2,32,39). The quantitative estimate of drug-likeness (QED) is 0.318. The summed E-state index contributed by atoms with van der Waals surface area (Å²) < 4.78 is 1.94. The smallest absolute Gasteiger partial charge is 0.248 e.